The maximum Gasteiger partial charge on any atom is 0.124 e. The highest BCUT2D eigenvalue weighted by Crippen LogP contribution is 2.29. The molecule has 0 fully saturated rings. The predicted molar refractivity (Wildman–Crippen MR) is 120 cm³/mol. The Morgan fingerprint density at radius 3 is 2.29 bits per heavy atom. The average molecular weight is 376 g/mol. The molecule has 0 amide bonds. The fourth-order valence-corrected chi connectivity index (χ4v) is 3.36. The second-order valence-corrected chi connectivity index (χ2v) is 8.65. The van der Waals surface area contributed by atoms with Gasteiger partial charge in [0.05, 0.1) is 6.10 Å². The summed E-state index contributed by atoms with van der Waals surface area (Å²) in [5.74, 6) is 0.989. The van der Waals surface area contributed by atoms with Gasteiger partial charge < -0.3 is 10.1 Å². The molecular weight excluding hydrogens is 342 g/mol. The summed E-state index contributed by atoms with van der Waals surface area (Å²) >= 11 is 0. The second-order valence-electron chi connectivity index (χ2n) is 8.65. The van der Waals surface area contributed by atoms with E-state index in [1.165, 1.54) is 27.5 Å². The van der Waals surface area contributed by atoms with E-state index in [-0.39, 0.29) is 11.5 Å². The molecule has 3 rings (SSSR count). The minimum atomic E-state index is 0.192. The molecule has 3 aromatic carbocycles. The van der Waals surface area contributed by atoms with Gasteiger partial charge in [-0.15, -0.1) is 0 Å². The second kappa shape index (κ2) is 8.79. The molecule has 0 spiro atoms. The van der Waals surface area contributed by atoms with E-state index >= 15 is 0 Å². The summed E-state index contributed by atoms with van der Waals surface area (Å²) in [5.41, 5.74) is 4.11. The smallest absolute Gasteiger partial charge is 0.124 e. The highest BCUT2D eigenvalue weighted by molar-refractivity contribution is 5.87. The van der Waals surface area contributed by atoms with Gasteiger partial charge in [0, 0.05) is 18.7 Å². The molecule has 3 aromatic rings. The van der Waals surface area contributed by atoms with E-state index in [2.05, 4.69) is 101 Å². The number of hydrogen-bond donors (Lipinski definition) is 1. The lowest BCUT2D eigenvalue weighted by Gasteiger charge is -2.20. The molecule has 2 nitrogen and oxygen atoms in total. The summed E-state index contributed by atoms with van der Waals surface area (Å²) in [6.45, 7) is 12.7. The van der Waals surface area contributed by atoms with Crippen LogP contribution in [0.5, 0.6) is 5.75 Å². The number of benzene rings is 3. The summed E-state index contributed by atoms with van der Waals surface area (Å²) < 4.78 is 6.22. The lowest BCUT2D eigenvalue weighted by molar-refractivity contribution is 0.215. The van der Waals surface area contributed by atoms with Gasteiger partial charge in [-0.2, -0.15) is 0 Å². The molecule has 148 valence electrons. The minimum Gasteiger partial charge on any atom is -0.490 e. The summed E-state index contributed by atoms with van der Waals surface area (Å²) in [7, 11) is 0. The van der Waals surface area contributed by atoms with Crippen LogP contribution in [0.15, 0.2) is 60.7 Å². The first-order valence-corrected chi connectivity index (χ1v) is 10.4. The van der Waals surface area contributed by atoms with Gasteiger partial charge in [0.25, 0.3) is 0 Å². The molecule has 1 N–H and O–H groups in total. The van der Waals surface area contributed by atoms with Crippen molar-refractivity contribution >= 4 is 10.8 Å². The highest BCUT2D eigenvalue weighted by Gasteiger charge is 2.13. The van der Waals surface area contributed by atoms with Crippen LogP contribution in [0.4, 0.5) is 0 Å². The number of ether oxygens (including phenoxy) is 1. The molecule has 0 saturated heterocycles. The van der Waals surface area contributed by atoms with E-state index in [1.807, 2.05) is 0 Å². The Balaban J connectivity index is 1.76. The Morgan fingerprint density at radius 2 is 1.61 bits per heavy atom. The van der Waals surface area contributed by atoms with Crippen LogP contribution in [0, 0.1) is 0 Å². The molecule has 2 heteroatoms. The molecule has 0 aromatic heterocycles. The fraction of sp³-hybridized carbons (Fsp3) is 0.385. The summed E-state index contributed by atoms with van der Waals surface area (Å²) in [5, 5.41) is 6.14. The Kier molecular flexibility index (Phi) is 6.41. The third kappa shape index (κ3) is 4.94. The number of fused-ring (bicyclic) bond motifs is 1. The SMILES string of the molecule is CCC(C)Oc1ccc2ccccc2c1CNCc1ccc(C(C)(C)C)cc1. The van der Waals surface area contributed by atoms with Gasteiger partial charge in [-0.25, -0.2) is 0 Å². The normalized spacial score (nSPS) is 12.9. The van der Waals surface area contributed by atoms with E-state index in [4.69, 9.17) is 4.74 Å². The molecule has 28 heavy (non-hydrogen) atoms. The summed E-state index contributed by atoms with van der Waals surface area (Å²) in [4.78, 5) is 0. The van der Waals surface area contributed by atoms with Crippen LogP contribution in [0.25, 0.3) is 10.8 Å². The monoisotopic (exact) mass is 375 g/mol. The van der Waals surface area contributed by atoms with Crippen LogP contribution in [-0.4, -0.2) is 6.10 Å². The maximum atomic E-state index is 6.22. The lowest BCUT2D eigenvalue weighted by Crippen LogP contribution is -2.17. The molecule has 1 unspecified atom stereocenters. The molecule has 0 saturated carbocycles. The molecule has 0 heterocycles. The van der Waals surface area contributed by atoms with E-state index in [9.17, 15) is 0 Å². The quantitative estimate of drug-likeness (QED) is 0.502. The minimum absolute atomic E-state index is 0.192. The average Bonchev–Trinajstić information content (AvgIpc) is 2.69. The van der Waals surface area contributed by atoms with E-state index < -0.39 is 0 Å². The van der Waals surface area contributed by atoms with Crippen molar-refractivity contribution in [1.29, 1.82) is 0 Å². The van der Waals surface area contributed by atoms with Gasteiger partial charge in [-0.1, -0.05) is 82.3 Å². The van der Waals surface area contributed by atoms with Crippen molar-refractivity contribution in [2.75, 3.05) is 0 Å². The zero-order valence-corrected chi connectivity index (χ0v) is 17.9. The Labute approximate surface area is 169 Å². The largest absolute Gasteiger partial charge is 0.490 e. The van der Waals surface area contributed by atoms with Gasteiger partial charge in [0.1, 0.15) is 5.75 Å². The van der Waals surface area contributed by atoms with Gasteiger partial charge in [-0.3, -0.25) is 0 Å². The fourth-order valence-electron chi connectivity index (χ4n) is 3.36. The van der Waals surface area contributed by atoms with Crippen molar-refractivity contribution < 1.29 is 4.74 Å². The van der Waals surface area contributed by atoms with E-state index in [0.29, 0.717) is 0 Å². The van der Waals surface area contributed by atoms with Crippen LogP contribution < -0.4 is 10.1 Å². The lowest BCUT2D eigenvalue weighted by atomic mass is 9.87. The van der Waals surface area contributed by atoms with E-state index in [0.717, 1.165) is 25.3 Å². The van der Waals surface area contributed by atoms with E-state index in [1.54, 1.807) is 0 Å². The topological polar surface area (TPSA) is 21.3 Å². The van der Waals surface area contributed by atoms with Crippen molar-refractivity contribution in [3.05, 3.63) is 77.4 Å². The highest BCUT2D eigenvalue weighted by atomic mass is 16.5. The van der Waals surface area contributed by atoms with Crippen molar-refractivity contribution in [1.82, 2.24) is 5.32 Å². The first-order chi connectivity index (χ1) is 13.4. The number of rotatable bonds is 7. The van der Waals surface area contributed by atoms with Crippen molar-refractivity contribution in [2.24, 2.45) is 0 Å². The Hall–Kier alpha value is -2.32. The number of hydrogen-bond acceptors (Lipinski definition) is 2. The number of nitrogens with one attached hydrogen (secondary N) is 1. The van der Waals surface area contributed by atoms with Crippen molar-refractivity contribution in [3.8, 4) is 5.75 Å². The predicted octanol–water partition coefficient (Wildman–Crippen LogP) is 6.60. The van der Waals surface area contributed by atoms with Crippen LogP contribution in [0.3, 0.4) is 0 Å². The molecule has 1 atom stereocenters. The van der Waals surface area contributed by atoms with Crippen molar-refractivity contribution in [3.63, 3.8) is 0 Å². The standard InChI is InChI=1S/C26H33NO/c1-6-19(2)28-25-16-13-21-9-7-8-10-23(21)24(25)18-27-17-20-11-14-22(15-12-20)26(3,4)5/h7-16,19,27H,6,17-18H2,1-5H3. The van der Waals surface area contributed by atoms with Gasteiger partial charge >= 0.3 is 0 Å². The molecule has 0 aliphatic carbocycles. The zero-order chi connectivity index (χ0) is 20.1. The third-order valence-corrected chi connectivity index (χ3v) is 5.35. The van der Waals surface area contributed by atoms with Crippen LogP contribution in [0.1, 0.15) is 57.7 Å². The summed E-state index contributed by atoms with van der Waals surface area (Å²) in [6.07, 6.45) is 1.21. The summed E-state index contributed by atoms with van der Waals surface area (Å²) in [6, 6.07) is 21.8. The first kappa shape index (κ1) is 20.4. The Bertz CT molecular complexity index is 906. The molecule has 0 bridgehead atoms. The van der Waals surface area contributed by atoms with Crippen LogP contribution in [-0.2, 0) is 18.5 Å². The third-order valence-electron chi connectivity index (χ3n) is 5.35. The van der Waals surface area contributed by atoms with Gasteiger partial charge in [0.2, 0.25) is 0 Å². The van der Waals surface area contributed by atoms with Crippen LogP contribution in [0.2, 0.25) is 0 Å². The Morgan fingerprint density at radius 1 is 0.893 bits per heavy atom. The first-order valence-electron chi connectivity index (χ1n) is 10.4. The molecular formula is C26H33NO. The van der Waals surface area contributed by atoms with Gasteiger partial charge in [0.15, 0.2) is 0 Å². The molecule has 0 aliphatic heterocycles. The molecule has 0 radical (unpaired) electrons. The zero-order valence-electron chi connectivity index (χ0n) is 17.9. The maximum absolute atomic E-state index is 6.22. The van der Waals surface area contributed by atoms with Crippen molar-refractivity contribution in [2.45, 2.75) is 65.6 Å². The van der Waals surface area contributed by atoms with Crippen LogP contribution >= 0.6 is 0 Å². The van der Waals surface area contributed by atoms with Gasteiger partial charge in [-0.05, 0) is 46.7 Å². The molecule has 0 aliphatic rings.